The summed E-state index contributed by atoms with van der Waals surface area (Å²) in [6.45, 7) is 3.05. The molecule has 0 atom stereocenters. The van der Waals surface area contributed by atoms with Gasteiger partial charge in [0.25, 0.3) is 0 Å². The average molecular weight is 305 g/mol. The predicted molar refractivity (Wildman–Crippen MR) is 85.1 cm³/mol. The number of methoxy groups -OCH3 is 1. The number of likely N-dealkylation sites (tertiary alicyclic amines) is 1. The lowest BCUT2D eigenvalue weighted by Crippen LogP contribution is -2.53. The Morgan fingerprint density at radius 1 is 1.43 bits per heavy atom. The van der Waals surface area contributed by atoms with Crippen LogP contribution in [0.5, 0.6) is 5.88 Å². The van der Waals surface area contributed by atoms with Crippen molar-refractivity contribution in [3.05, 3.63) is 29.4 Å². The monoisotopic (exact) mass is 305 g/mol. The fourth-order valence-electron chi connectivity index (χ4n) is 2.35. The van der Waals surface area contributed by atoms with Gasteiger partial charge in [0.2, 0.25) is 5.88 Å². The minimum atomic E-state index is 0.480. The van der Waals surface area contributed by atoms with Crippen LogP contribution in [0.2, 0.25) is 0 Å². The zero-order valence-electron chi connectivity index (χ0n) is 12.2. The second-order valence-corrected chi connectivity index (χ2v) is 6.12. The minimum Gasteiger partial charge on any atom is -0.481 e. The van der Waals surface area contributed by atoms with E-state index in [2.05, 4.69) is 25.5 Å². The highest BCUT2D eigenvalue weighted by atomic mass is 32.1. The number of thiazole rings is 1. The van der Waals surface area contributed by atoms with E-state index in [1.807, 2.05) is 25.4 Å². The fraction of sp³-hybridized carbons (Fsp3) is 0.429. The first-order valence-electron chi connectivity index (χ1n) is 6.88. The highest BCUT2D eigenvalue weighted by Crippen LogP contribution is 2.23. The molecule has 0 unspecified atom stereocenters. The van der Waals surface area contributed by atoms with Crippen LogP contribution in [-0.4, -0.2) is 48.2 Å². The average Bonchev–Trinajstić information content (AvgIpc) is 2.93. The molecule has 0 amide bonds. The third-order valence-corrected chi connectivity index (χ3v) is 4.42. The Hall–Kier alpha value is -1.86. The van der Waals surface area contributed by atoms with Crippen LogP contribution in [0.3, 0.4) is 0 Å². The number of hydrogen-bond acceptors (Lipinski definition) is 7. The van der Waals surface area contributed by atoms with Crippen LogP contribution in [0.15, 0.2) is 24.5 Å². The molecule has 0 radical (unpaired) electrons. The molecule has 2 aromatic heterocycles. The molecule has 7 heteroatoms. The smallest absolute Gasteiger partial charge is 0.214 e. The Morgan fingerprint density at radius 3 is 3.00 bits per heavy atom. The molecule has 1 aliphatic rings. The molecule has 3 heterocycles. The van der Waals surface area contributed by atoms with Crippen LogP contribution in [0.25, 0.3) is 0 Å². The van der Waals surface area contributed by atoms with Crippen molar-refractivity contribution in [1.82, 2.24) is 14.9 Å². The highest BCUT2D eigenvalue weighted by molar-refractivity contribution is 7.15. The van der Waals surface area contributed by atoms with Crippen molar-refractivity contribution in [3.8, 4) is 5.88 Å². The SMILES string of the molecule is CNc1ncc(CN2CC(Nc3ccnc(OC)c3)C2)s1. The van der Waals surface area contributed by atoms with Gasteiger partial charge in [-0.25, -0.2) is 9.97 Å². The second kappa shape index (κ2) is 6.28. The molecule has 2 aromatic rings. The van der Waals surface area contributed by atoms with E-state index >= 15 is 0 Å². The van der Waals surface area contributed by atoms with Crippen LogP contribution in [0.4, 0.5) is 10.8 Å². The summed E-state index contributed by atoms with van der Waals surface area (Å²) in [6.07, 6.45) is 3.71. The van der Waals surface area contributed by atoms with Crippen molar-refractivity contribution in [1.29, 1.82) is 0 Å². The second-order valence-electron chi connectivity index (χ2n) is 5.00. The summed E-state index contributed by atoms with van der Waals surface area (Å²) in [4.78, 5) is 12.1. The Kier molecular flexibility index (Phi) is 4.21. The zero-order valence-corrected chi connectivity index (χ0v) is 13.0. The Morgan fingerprint density at radius 2 is 2.29 bits per heavy atom. The summed E-state index contributed by atoms with van der Waals surface area (Å²) in [5.74, 6) is 0.639. The molecule has 0 saturated carbocycles. The molecular weight excluding hydrogens is 286 g/mol. The summed E-state index contributed by atoms with van der Waals surface area (Å²) in [6, 6.07) is 4.37. The van der Waals surface area contributed by atoms with E-state index in [1.165, 1.54) is 4.88 Å². The van der Waals surface area contributed by atoms with Gasteiger partial charge in [0.15, 0.2) is 5.13 Å². The van der Waals surface area contributed by atoms with Crippen molar-refractivity contribution in [2.24, 2.45) is 0 Å². The van der Waals surface area contributed by atoms with Crippen LogP contribution < -0.4 is 15.4 Å². The minimum absolute atomic E-state index is 0.480. The summed E-state index contributed by atoms with van der Waals surface area (Å²) in [5.41, 5.74) is 1.06. The van der Waals surface area contributed by atoms with E-state index in [4.69, 9.17) is 4.74 Å². The topological polar surface area (TPSA) is 62.3 Å². The van der Waals surface area contributed by atoms with Crippen molar-refractivity contribution in [2.45, 2.75) is 12.6 Å². The number of nitrogens with one attached hydrogen (secondary N) is 2. The largest absolute Gasteiger partial charge is 0.481 e. The molecule has 1 saturated heterocycles. The maximum atomic E-state index is 5.13. The van der Waals surface area contributed by atoms with Gasteiger partial charge >= 0.3 is 0 Å². The van der Waals surface area contributed by atoms with E-state index < -0.39 is 0 Å². The maximum absolute atomic E-state index is 5.13. The number of rotatable bonds is 6. The number of ether oxygens (including phenoxy) is 1. The van der Waals surface area contributed by atoms with E-state index in [0.29, 0.717) is 11.9 Å². The fourth-order valence-corrected chi connectivity index (χ4v) is 3.16. The zero-order chi connectivity index (χ0) is 14.7. The van der Waals surface area contributed by atoms with Crippen LogP contribution in [-0.2, 0) is 6.54 Å². The molecule has 112 valence electrons. The Bertz CT molecular complexity index is 597. The number of aromatic nitrogens is 2. The van der Waals surface area contributed by atoms with E-state index in [0.717, 1.165) is 30.5 Å². The molecule has 2 N–H and O–H groups in total. The summed E-state index contributed by atoms with van der Waals surface area (Å²) in [7, 11) is 3.53. The van der Waals surface area contributed by atoms with Gasteiger partial charge < -0.3 is 15.4 Å². The summed E-state index contributed by atoms with van der Waals surface area (Å²) < 4.78 is 5.13. The quantitative estimate of drug-likeness (QED) is 0.850. The lowest BCUT2D eigenvalue weighted by atomic mass is 10.1. The number of anilines is 2. The molecule has 0 bridgehead atoms. The number of hydrogen-bond donors (Lipinski definition) is 2. The molecule has 21 heavy (non-hydrogen) atoms. The first-order valence-corrected chi connectivity index (χ1v) is 7.70. The third kappa shape index (κ3) is 3.43. The molecule has 0 spiro atoms. The van der Waals surface area contributed by atoms with Crippen molar-refractivity contribution in [2.75, 3.05) is 37.9 Å². The van der Waals surface area contributed by atoms with Gasteiger partial charge in [0.05, 0.1) is 13.2 Å². The standard InChI is InChI=1S/C14H19N5OS/c1-15-14-17-6-12(21-14)9-19-7-11(8-19)18-10-3-4-16-13(5-10)20-2/h3-6,11H,7-9H2,1-2H3,(H,15,17)(H,16,18). The molecule has 1 aliphatic heterocycles. The summed E-state index contributed by atoms with van der Waals surface area (Å²) >= 11 is 1.71. The van der Waals surface area contributed by atoms with Gasteiger partial charge in [-0.15, -0.1) is 11.3 Å². The van der Waals surface area contributed by atoms with Gasteiger partial charge in [-0.05, 0) is 6.07 Å². The molecular formula is C14H19N5OS. The normalized spacial score (nSPS) is 15.5. The van der Waals surface area contributed by atoms with E-state index in [-0.39, 0.29) is 0 Å². The van der Waals surface area contributed by atoms with Crippen LogP contribution in [0, 0.1) is 0 Å². The van der Waals surface area contributed by atoms with Gasteiger partial charge in [0, 0.05) is 55.7 Å². The van der Waals surface area contributed by atoms with Gasteiger partial charge in [-0.3, -0.25) is 4.90 Å². The lowest BCUT2D eigenvalue weighted by Gasteiger charge is -2.39. The van der Waals surface area contributed by atoms with E-state index in [9.17, 15) is 0 Å². The lowest BCUT2D eigenvalue weighted by molar-refractivity contribution is 0.154. The summed E-state index contributed by atoms with van der Waals surface area (Å²) in [5, 5.41) is 7.54. The number of nitrogens with zero attached hydrogens (tertiary/aromatic N) is 3. The Balaban J connectivity index is 1.47. The van der Waals surface area contributed by atoms with Gasteiger partial charge in [-0.2, -0.15) is 0 Å². The molecule has 0 aliphatic carbocycles. The molecule has 0 aromatic carbocycles. The van der Waals surface area contributed by atoms with Crippen LogP contribution >= 0.6 is 11.3 Å². The van der Waals surface area contributed by atoms with Crippen molar-refractivity contribution in [3.63, 3.8) is 0 Å². The third-order valence-electron chi connectivity index (χ3n) is 3.42. The van der Waals surface area contributed by atoms with Gasteiger partial charge in [-0.1, -0.05) is 0 Å². The molecule has 3 rings (SSSR count). The van der Waals surface area contributed by atoms with Crippen LogP contribution in [0.1, 0.15) is 4.88 Å². The highest BCUT2D eigenvalue weighted by Gasteiger charge is 2.26. The number of pyridine rings is 1. The molecule has 1 fully saturated rings. The van der Waals surface area contributed by atoms with Crippen molar-refractivity contribution < 1.29 is 4.74 Å². The first kappa shape index (κ1) is 14.1. The first-order chi connectivity index (χ1) is 10.3. The van der Waals surface area contributed by atoms with E-state index in [1.54, 1.807) is 24.6 Å². The Labute approximate surface area is 128 Å². The maximum Gasteiger partial charge on any atom is 0.214 e. The van der Waals surface area contributed by atoms with Crippen molar-refractivity contribution >= 4 is 22.2 Å². The molecule has 6 nitrogen and oxygen atoms in total. The predicted octanol–water partition coefficient (Wildman–Crippen LogP) is 1.88. The van der Waals surface area contributed by atoms with Gasteiger partial charge in [0.1, 0.15) is 0 Å².